The third-order valence-corrected chi connectivity index (χ3v) is 2.82. The second kappa shape index (κ2) is 4.67. The van der Waals surface area contributed by atoms with Crippen molar-refractivity contribution in [2.75, 3.05) is 0 Å². The summed E-state index contributed by atoms with van der Waals surface area (Å²) < 4.78 is 124. The Morgan fingerprint density at radius 1 is 0.737 bits per heavy atom. The van der Waals surface area contributed by atoms with Crippen LogP contribution in [0.5, 0.6) is 0 Å². The zero-order valence-corrected chi connectivity index (χ0v) is 10.4. The fourth-order valence-corrected chi connectivity index (χ4v) is 1.40. The van der Waals surface area contributed by atoms with Gasteiger partial charge in [-0.1, -0.05) is 5.70 Å². The molecule has 0 fully saturated rings. The van der Waals surface area contributed by atoms with Gasteiger partial charge in [-0.25, -0.2) is 0 Å². The number of hydrogen-bond acceptors (Lipinski definition) is 0. The van der Waals surface area contributed by atoms with Crippen molar-refractivity contribution in [1.29, 1.82) is 0 Å². The predicted molar refractivity (Wildman–Crippen MR) is 48.6 cm³/mol. The first-order valence-electron chi connectivity index (χ1n) is 4.55. The highest BCUT2D eigenvalue weighted by molar-refractivity contribution is 6.75. The van der Waals surface area contributed by atoms with Crippen LogP contribution in [0.15, 0.2) is 11.8 Å². The van der Waals surface area contributed by atoms with Crippen LogP contribution in [0.1, 0.15) is 0 Å². The summed E-state index contributed by atoms with van der Waals surface area (Å²) in [5.74, 6) is -19.5. The molecule has 0 aromatic carbocycles. The Balaban J connectivity index is 5.59. The van der Waals surface area contributed by atoms with Crippen molar-refractivity contribution >= 4 is 8.41 Å². The largest absolute Gasteiger partial charge is 0.460 e. The lowest BCUT2D eigenvalue weighted by molar-refractivity contribution is -0.388. The van der Waals surface area contributed by atoms with Gasteiger partial charge < -0.3 is 4.11 Å². The molecule has 0 spiro atoms. The number of halogens is 10. The van der Waals surface area contributed by atoms with Gasteiger partial charge >= 0.3 is 23.9 Å². The van der Waals surface area contributed by atoms with E-state index in [2.05, 4.69) is 0 Å². The molecule has 114 valence electrons. The molecule has 0 rings (SSSR count). The summed E-state index contributed by atoms with van der Waals surface area (Å²) in [6.07, 6.45) is -7.81. The van der Waals surface area contributed by atoms with E-state index in [9.17, 15) is 43.6 Å². The normalized spacial score (nSPS) is 16.2. The minimum Gasteiger partial charge on any atom is -0.309 e. The van der Waals surface area contributed by atoms with Crippen molar-refractivity contribution in [3.05, 3.63) is 11.8 Å². The van der Waals surface area contributed by atoms with Crippen LogP contribution >= 0.6 is 0 Å². The average molecular weight is 322 g/mol. The molecule has 0 N–H and O–H groups in total. The fraction of sp³-hybridized carbons (Fsp3) is 0.750. The molecule has 0 radical (unpaired) electrons. The quantitative estimate of drug-likeness (QED) is 0.399. The van der Waals surface area contributed by atoms with Gasteiger partial charge in [0.05, 0.1) is 0 Å². The van der Waals surface area contributed by atoms with Crippen molar-refractivity contribution in [1.82, 2.24) is 0 Å². The minimum atomic E-state index is -6.95. The molecule has 0 aliphatic carbocycles. The van der Waals surface area contributed by atoms with Gasteiger partial charge in [0, 0.05) is 0 Å². The summed E-state index contributed by atoms with van der Waals surface area (Å²) in [5.41, 5.74) is -0.0899. The lowest BCUT2D eigenvalue weighted by Crippen LogP contribution is -2.60. The van der Waals surface area contributed by atoms with E-state index in [0.29, 0.717) is 0 Å². The molecular formula is C8H8F10Si. The number of alkyl halides is 9. The zero-order valence-electron chi connectivity index (χ0n) is 9.43. The lowest BCUT2D eigenvalue weighted by Gasteiger charge is -2.32. The highest BCUT2D eigenvalue weighted by Crippen LogP contribution is 2.53. The van der Waals surface area contributed by atoms with Crippen molar-refractivity contribution in [3.63, 3.8) is 0 Å². The summed E-state index contributed by atoms with van der Waals surface area (Å²) in [5, 5.41) is 0. The Morgan fingerprint density at radius 3 is 1.37 bits per heavy atom. The number of allylic oxidation sites excluding steroid dienone is 1. The molecule has 0 aliphatic heterocycles. The third kappa shape index (κ3) is 3.63. The van der Waals surface area contributed by atoms with E-state index >= 15 is 0 Å². The molecule has 0 heterocycles. The Hall–Kier alpha value is -0.743. The molecule has 0 aromatic rings. The van der Waals surface area contributed by atoms with Gasteiger partial charge in [0.2, 0.25) is 0 Å². The Kier molecular flexibility index (Phi) is 4.49. The maximum atomic E-state index is 12.9. The molecule has 11 heteroatoms. The Labute approximate surface area is 102 Å². The van der Waals surface area contributed by atoms with Crippen LogP contribution < -0.4 is 0 Å². The SMILES string of the molecule is C[Si](C)(F)C=CC(F)(F)C(F)(F)C(F)(F)C(F)(F)F. The molecule has 0 atom stereocenters. The molecule has 0 saturated carbocycles. The van der Waals surface area contributed by atoms with Gasteiger partial charge in [-0.15, -0.1) is 0 Å². The van der Waals surface area contributed by atoms with Gasteiger partial charge in [0.1, 0.15) is 0 Å². The second-order valence-electron chi connectivity index (χ2n) is 4.17. The third-order valence-electron chi connectivity index (χ3n) is 1.86. The molecule has 0 aromatic heterocycles. The van der Waals surface area contributed by atoms with Gasteiger partial charge in [0.15, 0.2) is 0 Å². The van der Waals surface area contributed by atoms with Crippen molar-refractivity contribution in [3.8, 4) is 0 Å². The molecule has 0 aliphatic rings. The zero-order chi connectivity index (χ0) is 15.9. The first-order valence-corrected chi connectivity index (χ1v) is 7.51. The Bertz CT molecular complexity index is 348. The maximum absolute atomic E-state index is 12.9. The van der Waals surface area contributed by atoms with Crippen molar-refractivity contribution < 1.29 is 43.6 Å². The summed E-state index contributed by atoms with van der Waals surface area (Å²) in [6, 6.07) is 0. The van der Waals surface area contributed by atoms with Crippen molar-refractivity contribution in [2.24, 2.45) is 0 Å². The van der Waals surface area contributed by atoms with Crippen molar-refractivity contribution in [2.45, 2.75) is 37.0 Å². The molecule has 0 bridgehead atoms. The Morgan fingerprint density at radius 2 is 1.11 bits per heavy atom. The standard InChI is InChI=1S/C8H8F10Si/c1-19(2,18)4-3-5(9,10)6(11,12)7(13,14)8(15,16)17/h3-4H,1-2H3. The fourth-order valence-electron chi connectivity index (χ4n) is 0.795. The van der Waals surface area contributed by atoms with Crippen LogP contribution in [0.25, 0.3) is 0 Å². The number of hydrogen-bond donors (Lipinski definition) is 0. The summed E-state index contributed by atoms with van der Waals surface area (Å²) in [4.78, 5) is 0. The van der Waals surface area contributed by atoms with E-state index in [-0.39, 0.29) is 5.70 Å². The predicted octanol–water partition coefficient (Wildman–Crippen LogP) is 4.72. The highest BCUT2D eigenvalue weighted by atomic mass is 28.4. The van der Waals surface area contributed by atoms with Crippen LogP contribution in [-0.2, 0) is 0 Å². The second-order valence-corrected chi connectivity index (χ2v) is 7.63. The van der Waals surface area contributed by atoms with E-state index in [0.717, 1.165) is 13.1 Å². The van der Waals surface area contributed by atoms with E-state index in [1.807, 2.05) is 0 Å². The van der Waals surface area contributed by atoms with E-state index < -0.39 is 38.4 Å². The van der Waals surface area contributed by atoms with E-state index in [1.165, 1.54) is 0 Å². The molecule has 0 nitrogen and oxygen atoms in total. The van der Waals surface area contributed by atoms with Crippen LogP contribution in [0.4, 0.5) is 43.6 Å². The van der Waals surface area contributed by atoms with Crippen LogP contribution in [0.3, 0.4) is 0 Å². The summed E-state index contributed by atoms with van der Waals surface area (Å²) >= 11 is 0. The molecular weight excluding hydrogens is 314 g/mol. The molecule has 0 unspecified atom stereocenters. The molecule has 0 saturated heterocycles. The first-order chi connectivity index (χ1) is 7.96. The minimum absolute atomic E-state index is 0.0899. The smallest absolute Gasteiger partial charge is 0.309 e. The van der Waals surface area contributed by atoms with Gasteiger partial charge in [-0.05, 0) is 19.2 Å². The summed E-state index contributed by atoms with van der Waals surface area (Å²) in [6.45, 7) is 1.50. The summed E-state index contributed by atoms with van der Waals surface area (Å²) in [7, 11) is -3.97. The van der Waals surface area contributed by atoms with Gasteiger partial charge in [-0.3, -0.25) is 0 Å². The van der Waals surface area contributed by atoms with E-state index in [1.54, 1.807) is 0 Å². The number of rotatable bonds is 4. The monoisotopic (exact) mass is 322 g/mol. The highest BCUT2D eigenvalue weighted by Gasteiger charge is 2.81. The van der Waals surface area contributed by atoms with Gasteiger partial charge in [-0.2, -0.15) is 39.5 Å². The topological polar surface area (TPSA) is 0 Å². The van der Waals surface area contributed by atoms with Gasteiger partial charge in [0.25, 0.3) is 8.41 Å². The van der Waals surface area contributed by atoms with Crippen LogP contribution in [0, 0.1) is 0 Å². The van der Waals surface area contributed by atoms with Crippen LogP contribution in [0.2, 0.25) is 13.1 Å². The average Bonchev–Trinajstić information content (AvgIpc) is 2.11. The molecule has 0 amide bonds. The van der Waals surface area contributed by atoms with Crippen LogP contribution in [-0.4, -0.2) is 32.4 Å². The first kappa shape index (κ1) is 18.3. The molecule has 19 heavy (non-hydrogen) atoms. The maximum Gasteiger partial charge on any atom is 0.460 e. The van der Waals surface area contributed by atoms with E-state index in [4.69, 9.17) is 0 Å². The lowest BCUT2D eigenvalue weighted by atomic mass is 10.0.